The normalized spacial score (nSPS) is 10.4. The maximum absolute atomic E-state index is 12.0. The summed E-state index contributed by atoms with van der Waals surface area (Å²) in [7, 11) is 0. The van der Waals surface area contributed by atoms with E-state index in [-0.39, 0.29) is 5.91 Å². The van der Waals surface area contributed by atoms with E-state index < -0.39 is 0 Å². The maximum atomic E-state index is 12.0. The highest BCUT2D eigenvalue weighted by Crippen LogP contribution is 2.10. The highest BCUT2D eigenvalue weighted by atomic mass is 16.1. The molecule has 0 aromatic heterocycles. The summed E-state index contributed by atoms with van der Waals surface area (Å²) in [5, 5.41) is 3.00. The van der Waals surface area contributed by atoms with E-state index in [1.54, 1.807) is 0 Å². The minimum atomic E-state index is 0.0897. The van der Waals surface area contributed by atoms with Gasteiger partial charge in [0.25, 0.3) is 0 Å². The molecular formula is C19H23NO. The van der Waals surface area contributed by atoms with Crippen LogP contribution in [0.2, 0.25) is 0 Å². The average Bonchev–Trinajstić information content (AvgIpc) is 2.45. The van der Waals surface area contributed by atoms with Crippen LogP contribution in [0.4, 0.5) is 0 Å². The minimum Gasteiger partial charge on any atom is -0.355 e. The van der Waals surface area contributed by atoms with Crippen molar-refractivity contribution in [3.63, 3.8) is 0 Å². The van der Waals surface area contributed by atoms with Crippen molar-refractivity contribution in [2.24, 2.45) is 0 Å². The lowest BCUT2D eigenvalue weighted by molar-refractivity contribution is -0.120. The highest BCUT2D eigenvalue weighted by Gasteiger charge is 2.04. The number of carbonyl (C=O) groups is 1. The van der Waals surface area contributed by atoms with Gasteiger partial charge in [-0.2, -0.15) is 0 Å². The number of carbonyl (C=O) groups excluding carboxylic acids is 1. The van der Waals surface area contributed by atoms with Crippen molar-refractivity contribution in [2.45, 2.75) is 33.6 Å². The molecule has 0 spiro atoms. The third-order valence-electron chi connectivity index (χ3n) is 3.91. The second kappa shape index (κ2) is 7.07. The zero-order valence-corrected chi connectivity index (χ0v) is 13.1. The molecule has 1 amide bonds. The molecule has 2 heteroatoms. The number of benzene rings is 2. The van der Waals surface area contributed by atoms with Gasteiger partial charge in [-0.25, -0.2) is 0 Å². The monoisotopic (exact) mass is 281 g/mol. The van der Waals surface area contributed by atoms with Crippen molar-refractivity contribution in [1.29, 1.82) is 0 Å². The van der Waals surface area contributed by atoms with Gasteiger partial charge in [-0.1, -0.05) is 42.5 Å². The molecular weight excluding hydrogens is 258 g/mol. The van der Waals surface area contributed by atoms with E-state index in [9.17, 15) is 4.79 Å². The molecule has 0 atom stereocenters. The van der Waals surface area contributed by atoms with Gasteiger partial charge in [0.1, 0.15) is 0 Å². The molecule has 0 aliphatic rings. The van der Waals surface area contributed by atoms with Crippen LogP contribution in [0, 0.1) is 20.8 Å². The molecule has 0 fully saturated rings. The van der Waals surface area contributed by atoms with Crippen molar-refractivity contribution in [3.05, 3.63) is 70.3 Å². The lowest BCUT2D eigenvalue weighted by Gasteiger charge is -2.08. The van der Waals surface area contributed by atoms with Crippen molar-refractivity contribution in [3.8, 4) is 0 Å². The molecule has 0 aliphatic carbocycles. The fourth-order valence-electron chi connectivity index (χ4n) is 2.39. The smallest absolute Gasteiger partial charge is 0.224 e. The van der Waals surface area contributed by atoms with Crippen LogP contribution in [0.5, 0.6) is 0 Å². The molecule has 2 rings (SSSR count). The lowest BCUT2D eigenvalue weighted by atomic mass is 10.0. The molecule has 0 unspecified atom stereocenters. The summed E-state index contributed by atoms with van der Waals surface area (Å²) in [6.45, 7) is 6.96. The second-order valence-electron chi connectivity index (χ2n) is 5.62. The van der Waals surface area contributed by atoms with Crippen LogP contribution in [0.25, 0.3) is 0 Å². The standard InChI is InChI=1S/C19H23NO/c1-14-8-9-17(12-16(14)3)13-19(21)20-11-10-18-7-5-4-6-15(18)2/h4-9,12H,10-11,13H2,1-3H3,(H,20,21). The van der Waals surface area contributed by atoms with Crippen LogP contribution in [-0.2, 0) is 17.6 Å². The number of aryl methyl sites for hydroxylation is 3. The molecule has 21 heavy (non-hydrogen) atoms. The molecule has 0 radical (unpaired) electrons. The van der Waals surface area contributed by atoms with Crippen LogP contribution in [0.1, 0.15) is 27.8 Å². The van der Waals surface area contributed by atoms with Gasteiger partial charge >= 0.3 is 0 Å². The molecule has 0 bridgehead atoms. The predicted octanol–water partition coefficient (Wildman–Crippen LogP) is 3.51. The fourth-order valence-corrected chi connectivity index (χ4v) is 2.39. The van der Waals surface area contributed by atoms with Crippen LogP contribution in [-0.4, -0.2) is 12.5 Å². The topological polar surface area (TPSA) is 29.1 Å². The largest absolute Gasteiger partial charge is 0.355 e. The Balaban J connectivity index is 1.82. The molecule has 1 N–H and O–H groups in total. The van der Waals surface area contributed by atoms with E-state index in [2.05, 4.69) is 50.4 Å². The highest BCUT2D eigenvalue weighted by molar-refractivity contribution is 5.78. The SMILES string of the molecule is Cc1ccc(CC(=O)NCCc2ccccc2C)cc1C. The molecule has 0 heterocycles. The Morgan fingerprint density at radius 3 is 2.43 bits per heavy atom. The van der Waals surface area contributed by atoms with Gasteiger partial charge in [-0.05, 0) is 55.0 Å². The Morgan fingerprint density at radius 1 is 0.952 bits per heavy atom. The molecule has 2 nitrogen and oxygen atoms in total. The van der Waals surface area contributed by atoms with Gasteiger partial charge in [0.2, 0.25) is 5.91 Å². The predicted molar refractivity (Wildman–Crippen MR) is 87.5 cm³/mol. The number of rotatable bonds is 5. The summed E-state index contributed by atoms with van der Waals surface area (Å²) >= 11 is 0. The van der Waals surface area contributed by atoms with Crippen molar-refractivity contribution < 1.29 is 4.79 Å². The van der Waals surface area contributed by atoms with Gasteiger partial charge in [-0.3, -0.25) is 4.79 Å². The van der Waals surface area contributed by atoms with E-state index in [1.807, 2.05) is 18.2 Å². The van der Waals surface area contributed by atoms with E-state index in [4.69, 9.17) is 0 Å². The van der Waals surface area contributed by atoms with Gasteiger partial charge in [0, 0.05) is 6.54 Å². The zero-order valence-electron chi connectivity index (χ0n) is 13.1. The minimum absolute atomic E-state index is 0.0897. The van der Waals surface area contributed by atoms with Gasteiger partial charge in [0.15, 0.2) is 0 Å². The Hall–Kier alpha value is -2.09. The molecule has 0 aliphatic heterocycles. The third kappa shape index (κ3) is 4.45. The third-order valence-corrected chi connectivity index (χ3v) is 3.91. The van der Waals surface area contributed by atoms with Crippen molar-refractivity contribution in [1.82, 2.24) is 5.32 Å². The average molecular weight is 281 g/mol. The second-order valence-corrected chi connectivity index (χ2v) is 5.62. The number of amides is 1. The van der Waals surface area contributed by atoms with Crippen molar-refractivity contribution in [2.75, 3.05) is 6.54 Å². The van der Waals surface area contributed by atoms with E-state index in [1.165, 1.54) is 22.3 Å². The summed E-state index contributed by atoms with van der Waals surface area (Å²) in [5.41, 5.74) is 6.15. The molecule has 2 aromatic rings. The molecule has 0 saturated heterocycles. The van der Waals surface area contributed by atoms with Crippen LogP contribution >= 0.6 is 0 Å². The van der Waals surface area contributed by atoms with E-state index in [0.717, 1.165) is 12.0 Å². The Labute approximate surface area is 127 Å². The Kier molecular flexibility index (Phi) is 5.15. The summed E-state index contributed by atoms with van der Waals surface area (Å²) in [6.07, 6.45) is 1.33. The lowest BCUT2D eigenvalue weighted by Crippen LogP contribution is -2.27. The first-order valence-electron chi connectivity index (χ1n) is 7.43. The summed E-state index contributed by atoms with van der Waals surface area (Å²) in [5.74, 6) is 0.0897. The van der Waals surface area contributed by atoms with Crippen molar-refractivity contribution >= 4 is 5.91 Å². The van der Waals surface area contributed by atoms with Gasteiger partial charge in [-0.15, -0.1) is 0 Å². The Morgan fingerprint density at radius 2 is 1.71 bits per heavy atom. The first-order valence-corrected chi connectivity index (χ1v) is 7.43. The molecule has 110 valence electrons. The quantitative estimate of drug-likeness (QED) is 0.892. The van der Waals surface area contributed by atoms with Crippen LogP contribution < -0.4 is 5.32 Å². The Bertz CT molecular complexity index is 631. The van der Waals surface area contributed by atoms with Crippen LogP contribution in [0.3, 0.4) is 0 Å². The summed E-state index contributed by atoms with van der Waals surface area (Å²) < 4.78 is 0. The molecule has 0 saturated carbocycles. The number of nitrogens with one attached hydrogen (secondary N) is 1. The van der Waals surface area contributed by atoms with E-state index in [0.29, 0.717) is 13.0 Å². The van der Waals surface area contributed by atoms with Gasteiger partial charge in [0.05, 0.1) is 6.42 Å². The number of hydrogen-bond acceptors (Lipinski definition) is 1. The first-order chi connectivity index (χ1) is 10.1. The number of hydrogen-bond donors (Lipinski definition) is 1. The summed E-state index contributed by atoms with van der Waals surface area (Å²) in [6, 6.07) is 14.5. The zero-order chi connectivity index (χ0) is 15.2. The van der Waals surface area contributed by atoms with Gasteiger partial charge < -0.3 is 5.32 Å². The maximum Gasteiger partial charge on any atom is 0.224 e. The molecule has 2 aromatic carbocycles. The van der Waals surface area contributed by atoms with Crippen LogP contribution in [0.15, 0.2) is 42.5 Å². The summed E-state index contributed by atoms with van der Waals surface area (Å²) in [4.78, 5) is 12.0. The first kappa shape index (κ1) is 15.3. The van der Waals surface area contributed by atoms with E-state index >= 15 is 0 Å². The fraction of sp³-hybridized carbons (Fsp3) is 0.316.